The number of hydrogen-bond acceptors (Lipinski definition) is 6. The van der Waals surface area contributed by atoms with E-state index in [0.717, 1.165) is 18.9 Å². The predicted molar refractivity (Wildman–Crippen MR) is 147 cm³/mol. The molecule has 1 N–H and O–H groups in total. The van der Waals surface area contributed by atoms with Crippen LogP contribution in [0.4, 0.5) is 10.1 Å². The summed E-state index contributed by atoms with van der Waals surface area (Å²) in [6.07, 6.45) is 1.79. The maximum absolute atomic E-state index is 14.2. The number of furan rings is 1. The number of sulfonamides is 1. The SMILES string of the molecule is Cc1ccc(C(=O)c2oc3ccccc3c2NCC(=O)c2cccc(S(=O)(=O)N3CCCC(C)C3)c2)cc1F. The average Bonchev–Trinajstić information content (AvgIpc) is 3.31. The number of aryl methyl sites for hydroxylation is 1. The molecule has 1 aliphatic rings. The minimum absolute atomic E-state index is 0.0391. The van der Waals surface area contributed by atoms with Gasteiger partial charge in [-0.2, -0.15) is 4.31 Å². The number of ketones is 2. The highest BCUT2D eigenvalue weighted by molar-refractivity contribution is 7.89. The number of fused-ring (bicyclic) bond motifs is 1. The van der Waals surface area contributed by atoms with Gasteiger partial charge in [0.15, 0.2) is 11.5 Å². The molecule has 0 amide bonds. The number of halogens is 1. The van der Waals surface area contributed by atoms with E-state index in [1.54, 1.807) is 43.3 Å². The molecule has 0 saturated carbocycles. The van der Waals surface area contributed by atoms with Gasteiger partial charge in [-0.3, -0.25) is 9.59 Å². The number of Topliss-reactive ketones (excluding diaryl/α,β-unsaturated/α-hetero) is 1. The van der Waals surface area contributed by atoms with Crippen LogP contribution in [0.1, 0.15) is 51.8 Å². The van der Waals surface area contributed by atoms with Gasteiger partial charge in [0.2, 0.25) is 15.8 Å². The molecule has 0 radical (unpaired) electrons. The van der Waals surface area contributed by atoms with Crippen molar-refractivity contribution in [2.45, 2.75) is 31.6 Å². The summed E-state index contributed by atoms with van der Waals surface area (Å²) in [5, 5.41) is 3.62. The van der Waals surface area contributed by atoms with E-state index in [-0.39, 0.29) is 40.0 Å². The van der Waals surface area contributed by atoms with Gasteiger partial charge in [0.05, 0.1) is 17.1 Å². The Morgan fingerprint density at radius 2 is 1.85 bits per heavy atom. The number of nitrogens with zero attached hydrogens (tertiary/aromatic N) is 1. The molecule has 1 aromatic heterocycles. The van der Waals surface area contributed by atoms with E-state index in [0.29, 0.717) is 35.3 Å². The van der Waals surface area contributed by atoms with Gasteiger partial charge in [-0.05, 0) is 61.6 Å². The van der Waals surface area contributed by atoms with Crippen molar-refractivity contribution in [1.82, 2.24) is 4.31 Å². The Bertz CT molecular complexity index is 1680. The van der Waals surface area contributed by atoms with Gasteiger partial charge in [0, 0.05) is 29.6 Å². The zero-order chi connectivity index (χ0) is 27.7. The van der Waals surface area contributed by atoms with Gasteiger partial charge in [-0.15, -0.1) is 0 Å². The Labute approximate surface area is 226 Å². The van der Waals surface area contributed by atoms with Crippen LogP contribution < -0.4 is 5.32 Å². The number of carbonyl (C=O) groups excluding carboxylic acids is 2. The first-order valence-electron chi connectivity index (χ1n) is 12.8. The van der Waals surface area contributed by atoms with Crippen LogP contribution in [0.25, 0.3) is 11.0 Å². The topological polar surface area (TPSA) is 96.7 Å². The van der Waals surface area contributed by atoms with Crippen LogP contribution in [0.3, 0.4) is 0 Å². The third kappa shape index (κ3) is 5.37. The van der Waals surface area contributed by atoms with E-state index in [2.05, 4.69) is 5.32 Å². The molecule has 4 aromatic rings. The quantitative estimate of drug-likeness (QED) is 0.279. The van der Waals surface area contributed by atoms with E-state index < -0.39 is 21.6 Å². The van der Waals surface area contributed by atoms with Gasteiger partial charge in [0.25, 0.3) is 0 Å². The van der Waals surface area contributed by atoms with Gasteiger partial charge in [0.1, 0.15) is 11.4 Å². The first-order valence-corrected chi connectivity index (χ1v) is 14.3. The predicted octanol–water partition coefficient (Wildman–Crippen LogP) is 5.83. The zero-order valence-corrected chi connectivity index (χ0v) is 22.6. The largest absolute Gasteiger partial charge is 0.450 e. The van der Waals surface area contributed by atoms with E-state index in [1.165, 1.54) is 28.6 Å². The van der Waals surface area contributed by atoms with E-state index in [1.807, 2.05) is 6.92 Å². The molecule has 0 bridgehead atoms. The Balaban J connectivity index is 1.40. The molecule has 7 nitrogen and oxygen atoms in total. The summed E-state index contributed by atoms with van der Waals surface area (Å²) in [5.41, 5.74) is 1.52. The maximum atomic E-state index is 14.2. The van der Waals surface area contributed by atoms with Crippen LogP contribution in [0.15, 0.2) is 76.0 Å². The third-order valence-electron chi connectivity index (χ3n) is 7.07. The lowest BCUT2D eigenvalue weighted by Crippen LogP contribution is -2.39. The highest BCUT2D eigenvalue weighted by Crippen LogP contribution is 2.33. The molecule has 1 fully saturated rings. The summed E-state index contributed by atoms with van der Waals surface area (Å²) in [4.78, 5) is 26.5. The minimum Gasteiger partial charge on any atom is -0.450 e. The highest BCUT2D eigenvalue weighted by Gasteiger charge is 2.29. The number of nitrogens with one attached hydrogen (secondary N) is 1. The molecule has 39 heavy (non-hydrogen) atoms. The van der Waals surface area contributed by atoms with Crippen molar-refractivity contribution in [3.63, 3.8) is 0 Å². The van der Waals surface area contributed by atoms with Crippen LogP contribution >= 0.6 is 0 Å². The van der Waals surface area contributed by atoms with Crippen LogP contribution in [0.5, 0.6) is 0 Å². The van der Waals surface area contributed by atoms with Crippen LogP contribution in [-0.4, -0.2) is 43.9 Å². The van der Waals surface area contributed by atoms with Gasteiger partial charge < -0.3 is 9.73 Å². The van der Waals surface area contributed by atoms with Crippen LogP contribution in [-0.2, 0) is 10.0 Å². The molecule has 1 atom stereocenters. The Hall–Kier alpha value is -3.82. The van der Waals surface area contributed by atoms with Crippen molar-refractivity contribution in [1.29, 1.82) is 0 Å². The van der Waals surface area contributed by atoms with Crippen LogP contribution in [0.2, 0.25) is 0 Å². The number of rotatable bonds is 8. The lowest BCUT2D eigenvalue weighted by molar-refractivity contribution is 0.0997. The monoisotopic (exact) mass is 548 g/mol. The van der Waals surface area contributed by atoms with Crippen molar-refractivity contribution < 1.29 is 26.8 Å². The number of carbonyl (C=O) groups is 2. The summed E-state index contributed by atoms with van der Waals surface area (Å²) < 4.78 is 47.9. The summed E-state index contributed by atoms with van der Waals surface area (Å²) in [6, 6.07) is 17.2. The molecule has 2 heterocycles. The summed E-state index contributed by atoms with van der Waals surface area (Å²) >= 11 is 0. The fraction of sp³-hybridized carbons (Fsp3) is 0.267. The molecule has 202 valence electrons. The molecule has 3 aromatic carbocycles. The average molecular weight is 549 g/mol. The number of hydrogen-bond donors (Lipinski definition) is 1. The standard InChI is InChI=1S/C30H29FN2O5S/c1-19-7-6-14-33(18-19)39(36,37)23-9-5-8-21(15-23)26(34)17-32-28-24-10-3-4-11-27(24)38-30(28)29(35)22-13-12-20(2)25(31)16-22/h3-5,8-13,15-16,19,32H,6-7,14,17-18H2,1-2H3. The Kier molecular flexibility index (Phi) is 7.38. The van der Waals surface area contributed by atoms with Crippen molar-refractivity contribution >= 4 is 38.2 Å². The number of para-hydroxylation sites is 1. The second-order valence-corrected chi connectivity index (χ2v) is 11.9. The first-order chi connectivity index (χ1) is 18.6. The molecule has 1 saturated heterocycles. The smallest absolute Gasteiger partial charge is 0.243 e. The highest BCUT2D eigenvalue weighted by atomic mass is 32.2. The summed E-state index contributed by atoms with van der Waals surface area (Å²) in [5.74, 6) is -1.15. The fourth-order valence-corrected chi connectivity index (χ4v) is 6.51. The number of anilines is 1. The van der Waals surface area contributed by atoms with E-state index >= 15 is 0 Å². The molecule has 0 aliphatic carbocycles. The fourth-order valence-electron chi connectivity index (χ4n) is 4.86. The van der Waals surface area contributed by atoms with Crippen LogP contribution in [0, 0.1) is 18.7 Å². The zero-order valence-electron chi connectivity index (χ0n) is 21.7. The lowest BCUT2D eigenvalue weighted by atomic mass is 10.0. The minimum atomic E-state index is -3.72. The van der Waals surface area contributed by atoms with Crippen molar-refractivity contribution in [3.05, 3.63) is 95.0 Å². The van der Waals surface area contributed by atoms with Gasteiger partial charge >= 0.3 is 0 Å². The normalized spacial score (nSPS) is 16.3. The molecule has 5 rings (SSSR count). The second-order valence-electron chi connectivity index (χ2n) is 10.0. The Morgan fingerprint density at radius 3 is 2.62 bits per heavy atom. The summed E-state index contributed by atoms with van der Waals surface area (Å²) in [7, 11) is -3.72. The first kappa shape index (κ1) is 26.8. The maximum Gasteiger partial charge on any atom is 0.243 e. The van der Waals surface area contributed by atoms with E-state index in [4.69, 9.17) is 4.42 Å². The summed E-state index contributed by atoms with van der Waals surface area (Å²) in [6.45, 7) is 4.34. The number of piperidine rings is 1. The number of benzene rings is 3. The molecule has 0 spiro atoms. The van der Waals surface area contributed by atoms with Crippen molar-refractivity contribution in [3.8, 4) is 0 Å². The van der Waals surface area contributed by atoms with E-state index in [9.17, 15) is 22.4 Å². The molecule has 1 unspecified atom stereocenters. The molecule has 1 aliphatic heterocycles. The Morgan fingerprint density at radius 1 is 1.05 bits per heavy atom. The van der Waals surface area contributed by atoms with Gasteiger partial charge in [-0.25, -0.2) is 12.8 Å². The molecule has 9 heteroatoms. The molecular formula is C30H29FN2O5S. The van der Waals surface area contributed by atoms with Crippen molar-refractivity contribution in [2.24, 2.45) is 5.92 Å². The second kappa shape index (κ2) is 10.7. The third-order valence-corrected chi connectivity index (χ3v) is 8.94. The van der Waals surface area contributed by atoms with Gasteiger partial charge in [-0.1, -0.05) is 43.3 Å². The molecular weight excluding hydrogens is 519 g/mol. The lowest BCUT2D eigenvalue weighted by Gasteiger charge is -2.30. The van der Waals surface area contributed by atoms with Crippen molar-refractivity contribution in [2.75, 3.05) is 25.0 Å².